The molecule has 2 aliphatic rings. The number of hydrogen-bond acceptors (Lipinski definition) is 9. The zero-order chi connectivity index (χ0) is 22.6. The fraction of sp³-hybridized carbons (Fsp3) is 0.600. The summed E-state index contributed by atoms with van der Waals surface area (Å²) in [5.74, 6) is -1.49. The second kappa shape index (κ2) is 7.12. The van der Waals surface area contributed by atoms with Crippen LogP contribution in [0.25, 0.3) is 5.52 Å². The van der Waals surface area contributed by atoms with Crippen LogP contribution in [0.15, 0.2) is 18.5 Å². The predicted molar refractivity (Wildman–Crippen MR) is 104 cm³/mol. The molecule has 2 saturated heterocycles. The SMILES string of the molecule is CC1(C)O[C@H]2[C@H](c3ccc4c(N)ncnn34)O[C@](C#N)(COC(=O)C(C)(C)CF)[C@H]2O1. The molecular weight excluding hydrogens is 409 g/mol. The smallest absolute Gasteiger partial charge is 0.314 e. The second-order valence-electron chi connectivity index (χ2n) is 8.85. The number of ether oxygens (including phenoxy) is 4. The summed E-state index contributed by atoms with van der Waals surface area (Å²) in [4.78, 5) is 16.3. The first kappa shape index (κ1) is 21.4. The van der Waals surface area contributed by atoms with Crippen molar-refractivity contribution in [3.05, 3.63) is 24.2 Å². The van der Waals surface area contributed by atoms with Crippen molar-refractivity contribution in [3.63, 3.8) is 0 Å². The third-order valence-corrected chi connectivity index (χ3v) is 5.52. The highest BCUT2D eigenvalue weighted by atomic mass is 19.1. The number of aromatic nitrogens is 3. The molecule has 0 aliphatic carbocycles. The summed E-state index contributed by atoms with van der Waals surface area (Å²) in [6.45, 7) is 4.95. The number of fused-ring (bicyclic) bond motifs is 2. The van der Waals surface area contributed by atoms with Gasteiger partial charge in [-0.2, -0.15) is 10.4 Å². The van der Waals surface area contributed by atoms with Crippen LogP contribution in [0.1, 0.15) is 39.5 Å². The molecule has 2 aromatic rings. The highest BCUT2D eigenvalue weighted by molar-refractivity contribution is 5.76. The van der Waals surface area contributed by atoms with Crippen molar-refractivity contribution in [1.82, 2.24) is 14.6 Å². The van der Waals surface area contributed by atoms with Gasteiger partial charge in [0.15, 0.2) is 11.6 Å². The van der Waals surface area contributed by atoms with E-state index in [9.17, 15) is 14.4 Å². The Kier molecular flexibility index (Phi) is 4.92. The molecule has 0 amide bonds. The third-order valence-electron chi connectivity index (χ3n) is 5.52. The molecule has 0 saturated carbocycles. The lowest BCUT2D eigenvalue weighted by Crippen LogP contribution is -2.47. The predicted octanol–water partition coefficient (Wildman–Crippen LogP) is 1.70. The number of esters is 1. The largest absolute Gasteiger partial charge is 0.461 e. The number of carbonyl (C=O) groups excluding carboxylic acids is 1. The highest BCUT2D eigenvalue weighted by Crippen LogP contribution is 2.50. The van der Waals surface area contributed by atoms with Gasteiger partial charge in [0, 0.05) is 0 Å². The lowest BCUT2D eigenvalue weighted by atomic mass is 9.94. The lowest BCUT2D eigenvalue weighted by molar-refractivity contribution is -0.209. The Hall–Kier alpha value is -2.81. The molecule has 2 N–H and O–H groups in total. The molecular formula is C20H24FN5O5. The molecule has 166 valence electrons. The molecule has 11 heteroatoms. The van der Waals surface area contributed by atoms with Gasteiger partial charge in [-0.3, -0.25) is 4.79 Å². The number of nitrogen functional groups attached to an aromatic ring is 1. The van der Waals surface area contributed by atoms with Crippen LogP contribution >= 0.6 is 0 Å². The van der Waals surface area contributed by atoms with Crippen LogP contribution in [0.4, 0.5) is 10.2 Å². The van der Waals surface area contributed by atoms with Crippen LogP contribution in [-0.2, 0) is 23.7 Å². The molecule has 4 atom stereocenters. The Bertz CT molecular complexity index is 1060. The van der Waals surface area contributed by atoms with E-state index in [4.69, 9.17) is 24.7 Å². The van der Waals surface area contributed by atoms with Gasteiger partial charge in [-0.05, 0) is 39.8 Å². The van der Waals surface area contributed by atoms with Gasteiger partial charge in [-0.25, -0.2) is 13.9 Å². The van der Waals surface area contributed by atoms with E-state index in [0.717, 1.165) is 0 Å². The van der Waals surface area contributed by atoms with Gasteiger partial charge in [-0.15, -0.1) is 0 Å². The van der Waals surface area contributed by atoms with E-state index in [0.29, 0.717) is 11.2 Å². The summed E-state index contributed by atoms with van der Waals surface area (Å²) in [5, 5.41) is 14.3. The summed E-state index contributed by atoms with van der Waals surface area (Å²) >= 11 is 0. The molecule has 0 radical (unpaired) electrons. The molecule has 2 fully saturated rings. The number of anilines is 1. The standard InChI is InChI=1S/C20H24FN5O5/c1-18(2,7-21)17(27)28-9-20(8-22)15-14(29-19(3,4)31-15)13(30-20)11-5-6-12-16(23)24-10-25-26(11)12/h5-6,10,13-15H,7,9H2,1-4H3,(H2,23,24,25)/t13-,14-,15-,20+/m0/s1. The van der Waals surface area contributed by atoms with Gasteiger partial charge in [0.1, 0.15) is 49.5 Å². The van der Waals surface area contributed by atoms with E-state index in [2.05, 4.69) is 16.2 Å². The summed E-state index contributed by atoms with van der Waals surface area (Å²) in [7, 11) is 0. The monoisotopic (exact) mass is 433 g/mol. The molecule has 4 heterocycles. The minimum absolute atomic E-state index is 0.286. The zero-order valence-corrected chi connectivity index (χ0v) is 17.7. The van der Waals surface area contributed by atoms with Crippen molar-refractivity contribution in [2.45, 2.75) is 57.4 Å². The van der Waals surface area contributed by atoms with Crippen LogP contribution in [0.2, 0.25) is 0 Å². The summed E-state index contributed by atoms with van der Waals surface area (Å²) in [6.07, 6.45) is -0.997. The Morgan fingerprint density at radius 3 is 2.81 bits per heavy atom. The number of rotatable bonds is 5. The zero-order valence-electron chi connectivity index (χ0n) is 17.7. The van der Waals surface area contributed by atoms with E-state index in [-0.39, 0.29) is 5.82 Å². The van der Waals surface area contributed by atoms with Crippen molar-refractivity contribution in [1.29, 1.82) is 5.26 Å². The van der Waals surface area contributed by atoms with Crippen molar-refractivity contribution in [2.75, 3.05) is 19.0 Å². The summed E-state index contributed by atoms with van der Waals surface area (Å²) in [5.41, 5.74) is 4.07. The molecule has 31 heavy (non-hydrogen) atoms. The fourth-order valence-electron chi connectivity index (χ4n) is 3.81. The summed E-state index contributed by atoms with van der Waals surface area (Å²) < 4.78 is 38.2. The van der Waals surface area contributed by atoms with Crippen LogP contribution in [0.3, 0.4) is 0 Å². The van der Waals surface area contributed by atoms with E-state index in [1.165, 1.54) is 20.2 Å². The number of nitrogens with two attached hydrogens (primary N) is 1. The second-order valence-corrected chi connectivity index (χ2v) is 8.85. The topological polar surface area (TPSA) is 134 Å². The molecule has 2 aliphatic heterocycles. The number of hydrogen-bond donors (Lipinski definition) is 1. The Labute approximate surface area is 178 Å². The quantitative estimate of drug-likeness (QED) is 0.699. The van der Waals surface area contributed by atoms with Crippen LogP contribution in [-0.4, -0.2) is 57.4 Å². The van der Waals surface area contributed by atoms with Crippen molar-refractivity contribution in [3.8, 4) is 6.07 Å². The highest BCUT2D eigenvalue weighted by Gasteiger charge is 2.65. The van der Waals surface area contributed by atoms with Gasteiger partial charge in [-0.1, -0.05) is 0 Å². The molecule has 0 spiro atoms. The Morgan fingerprint density at radius 2 is 2.13 bits per heavy atom. The maximum atomic E-state index is 13.2. The van der Waals surface area contributed by atoms with Crippen molar-refractivity contribution < 1.29 is 28.1 Å². The van der Waals surface area contributed by atoms with E-state index in [1.54, 1.807) is 30.5 Å². The van der Waals surface area contributed by atoms with Gasteiger partial charge < -0.3 is 24.7 Å². The van der Waals surface area contributed by atoms with Crippen molar-refractivity contribution >= 4 is 17.3 Å². The number of nitriles is 1. The molecule has 2 aromatic heterocycles. The average molecular weight is 433 g/mol. The normalized spacial score (nSPS) is 29.6. The fourth-order valence-corrected chi connectivity index (χ4v) is 3.81. The van der Waals surface area contributed by atoms with Gasteiger partial charge in [0.2, 0.25) is 5.60 Å². The summed E-state index contributed by atoms with van der Waals surface area (Å²) in [6, 6.07) is 5.59. The first-order chi connectivity index (χ1) is 14.5. The van der Waals surface area contributed by atoms with Gasteiger partial charge >= 0.3 is 5.97 Å². The first-order valence-corrected chi connectivity index (χ1v) is 9.79. The van der Waals surface area contributed by atoms with Gasteiger partial charge in [0.25, 0.3) is 0 Å². The lowest BCUT2D eigenvalue weighted by Gasteiger charge is -2.29. The number of nitrogens with zero attached hydrogens (tertiary/aromatic N) is 4. The first-order valence-electron chi connectivity index (χ1n) is 9.79. The third kappa shape index (κ3) is 3.40. The van der Waals surface area contributed by atoms with Crippen molar-refractivity contribution in [2.24, 2.45) is 5.41 Å². The molecule has 0 aromatic carbocycles. The number of carbonyl (C=O) groups is 1. The number of halogens is 1. The molecule has 0 unspecified atom stereocenters. The molecule has 0 bridgehead atoms. The van der Waals surface area contributed by atoms with E-state index < -0.39 is 54.4 Å². The van der Waals surface area contributed by atoms with Crippen LogP contribution in [0, 0.1) is 16.7 Å². The maximum absolute atomic E-state index is 13.2. The molecule has 4 rings (SSSR count). The van der Waals surface area contributed by atoms with Gasteiger partial charge in [0.05, 0.1) is 11.1 Å². The van der Waals surface area contributed by atoms with E-state index in [1.807, 2.05) is 0 Å². The van der Waals surface area contributed by atoms with E-state index >= 15 is 0 Å². The maximum Gasteiger partial charge on any atom is 0.314 e. The minimum atomic E-state index is -1.66. The Balaban J connectivity index is 1.70. The minimum Gasteiger partial charge on any atom is -0.461 e. The Morgan fingerprint density at radius 1 is 1.39 bits per heavy atom. The van der Waals surface area contributed by atoms with Crippen LogP contribution in [0.5, 0.6) is 0 Å². The molecule has 10 nitrogen and oxygen atoms in total. The number of alkyl halides is 1. The van der Waals surface area contributed by atoms with Crippen LogP contribution < -0.4 is 5.73 Å². The average Bonchev–Trinajstić information content (AvgIpc) is 3.37.